The molecule has 1 atom stereocenters. The Balaban J connectivity index is 2.45. The van der Waals surface area contributed by atoms with E-state index in [4.69, 9.17) is 4.74 Å². The van der Waals surface area contributed by atoms with Gasteiger partial charge in [0.05, 0.1) is 12.6 Å². The molecule has 1 aromatic rings. The zero-order valence-electron chi connectivity index (χ0n) is 9.17. The number of likely N-dealkylation sites (N-methyl/N-ethyl adjacent to an activating group) is 1. The Morgan fingerprint density at radius 2 is 2.29 bits per heavy atom. The molecule has 1 N–H and O–H groups in total. The molecule has 0 saturated heterocycles. The van der Waals surface area contributed by atoms with Gasteiger partial charge in [-0.1, -0.05) is 6.92 Å². The summed E-state index contributed by atoms with van der Waals surface area (Å²) in [5, 5.41) is 3.28. The number of rotatable bonds is 6. The molecule has 0 amide bonds. The highest BCUT2D eigenvalue weighted by Crippen LogP contribution is 2.22. The van der Waals surface area contributed by atoms with Crippen LogP contribution in [0.2, 0.25) is 0 Å². The zero-order valence-corrected chi connectivity index (χ0v) is 9.99. The zero-order chi connectivity index (χ0) is 10.4. The van der Waals surface area contributed by atoms with E-state index in [0.29, 0.717) is 6.04 Å². The lowest BCUT2D eigenvalue weighted by molar-refractivity contribution is 0.115. The van der Waals surface area contributed by atoms with Gasteiger partial charge in [0.2, 0.25) is 0 Å². The van der Waals surface area contributed by atoms with Crippen molar-refractivity contribution >= 4 is 11.3 Å². The number of aryl methyl sites for hydroxylation is 1. The molecule has 1 aromatic heterocycles. The van der Waals surface area contributed by atoms with Crippen LogP contribution < -0.4 is 5.32 Å². The molecular weight excluding hydrogens is 194 g/mol. The normalized spacial score (nSPS) is 13.1. The van der Waals surface area contributed by atoms with Crippen LogP contribution in [0.25, 0.3) is 0 Å². The summed E-state index contributed by atoms with van der Waals surface area (Å²) >= 11 is 1.84. The highest BCUT2D eigenvalue weighted by Gasteiger charge is 2.10. The summed E-state index contributed by atoms with van der Waals surface area (Å²) in [5.74, 6) is 0. The first kappa shape index (κ1) is 11.7. The first-order chi connectivity index (χ1) is 6.77. The van der Waals surface area contributed by atoms with Crippen LogP contribution in [0.5, 0.6) is 0 Å². The van der Waals surface area contributed by atoms with E-state index in [1.165, 1.54) is 9.75 Å². The van der Waals surface area contributed by atoms with Gasteiger partial charge in [0, 0.05) is 16.4 Å². The number of hydrogen-bond acceptors (Lipinski definition) is 3. The molecule has 14 heavy (non-hydrogen) atoms. The predicted octanol–water partition coefficient (Wildman–Crippen LogP) is 2.74. The van der Waals surface area contributed by atoms with Gasteiger partial charge in [0.1, 0.15) is 0 Å². The van der Waals surface area contributed by atoms with E-state index in [0.717, 1.165) is 19.6 Å². The van der Waals surface area contributed by atoms with E-state index in [1.54, 1.807) is 0 Å². The summed E-state index contributed by atoms with van der Waals surface area (Å²) in [6, 6.07) is 4.68. The van der Waals surface area contributed by atoms with E-state index in [9.17, 15) is 0 Å². The van der Waals surface area contributed by atoms with Crippen LogP contribution in [0.4, 0.5) is 0 Å². The summed E-state index contributed by atoms with van der Waals surface area (Å²) in [7, 11) is 1.98. The van der Waals surface area contributed by atoms with Crippen LogP contribution in [0.15, 0.2) is 12.1 Å². The van der Waals surface area contributed by atoms with Crippen LogP contribution >= 0.6 is 11.3 Å². The molecule has 0 aliphatic heterocycles. The first-order valence-electron chi connectivity index (χ1n) is 5.09. The Bertz CT molecular complexity index is 260. The molecule has 0 bridgehead atoms. The van der Waals surface area contributed by atoms with Gasteiger partial charge in [-0.25, -0.2) is 0 Å². The van der Waals surface area contributed by atoms with Crippen LogP contribution in [0.3, 0.4) is 0 Å². The first-order valence-corrected chi connectivity index (χ1v) is 5.91. The van der Waals surface area contributed by atoms with Gasteiger partial charge in [-0.05, 0) is 32.5 Å². The van der Waals surface area contributed by atoms with Crippen molar-refractivity contribution in [1.82, 2.24) is 5.32 Å². The third kappa shape index (κ3) is 3.40. The van der Waals surface area contributed by atoms with Gasteiger partial charge in [-0.2, -0.15) is 0 Å². The smallest absolute Gasteiger partial charge is 0.0669 e. The monoisotopic (exact) mass is 213 g/mol. The maximum absolute atomic E-state index is 5.54. The molecule has 0 saturated carbocycles. The van der Waals surface area contributed by atoms with Crippen molar-refractivity contribution in [3.05, 3.63) is 21.9 Å². The lowest BCUT2D eigenvalue weighted by Gasteiger charge is -2.14. The third-order valence-electron chi connectivity index (χ3n) is 2.09. The third-order valence-corrected chi connectivity index (χ3v) is 3.20. The van der Waals surface area contributed by atoms with Gasteiger partial charge < -0.3 is 10.1 Å². The Labute approximate surface area is 90.3 Å². The Kier molecular flexibility index (Phi) is 5.15. The lowest BCUT2D eigenvalue weighted by Crippen LogP contribution is -2.20. The second-order valence-electron chi connectivity index (χ2n) is 3.36. The Hall–Kier alpha value is -0.380. The quantitative estimate of drug-likeness (QED) is 0.734. The molecular formula is C11H19NOS. The average Bonchev–Trinajstić information content (AvgIpc) is 2.60. The number of thiophene rings is 1. The fourth-order valence-corrected chi connectivity index (χ4v) is 2.27. The van der Waals surface area contributed by atoms with Crippen LogP contribution in [0, 0.1) is 6.92 Å². The van der Waals surface area contributed by atoms with Crippen LogP contribution in [-0.4, -0.2) is 20.3 Å². The summed E-state index contributed by atoms with van der Waals surface area (Å²) in [4.78, 5) is 2.72. The summed E-state index contributed by atoms with van der Waals surface area (Å²) in [5.41, 5.74) is 0. The minimum absolute atomic E-state index is 0.347. The fraction of sp³-hybridized carbons (Fsp3) is 0.636. The number of hydrogen-bond donors (Lipinski definition) is 1. The topological polar surface area (TPSA) is 21.3 Å². The summed E-state index contributed by atoms with van der Waals surface area (Å²) < 4.78 is 5.54. The number of ether oxygens (including phenoxy) is 1. The molecule has 0 aliphatic carbocycles. The van der Waals surface area contributed by atoms with Crippen molar-refractivity contribution in [3.63, 3.8) is 0 Å². The van der Waals surface area contributed by atoms with Crippen LogP contribution in [0.1, 0.15) is 29.1 Å². The molecule has 1 heterocycles. The van der Waals surface area contributed by atoms with E-state index < -0.39 is 0 Å². The Morgan fingerprint density at radius 1 is 1.50 bits per heavy atom. The summed E-state index contributed by atoms with van der Waals surface area (Å²) in [6.07, 6.45) is 1.08. The molecule has 0 radical (unpaired) electrons. The number of nitrogens with one attached hydrogen (secondary N) is 1. The second-order valence-corrected chi connectivity index (χ2v) is 4.68. The molecule has 0 aliphatic rings. The molecule has 1 rings (SSSR count). The lowest BCUT2D eigenvalue weighted by atomic mass is 10.2. The fourth-order valence-electron chi connectivity index (χ4n) is 1.29. The molecule has 80 valence electrons. The van der Waals surface area contributed by atoms with Crippen molar-refractivity contribution in [3.8, 4) is 0 Å². The van der Waals surface area contributed by atoms with Crippen LogP contribution in [-0.2, 0) is 4.74 Å². The standard InChI is InChI=1S/C11H19NOS/c1-4-7-13-8-10(12-3)11-6-5-9(2)14-11/h5-6,10,12H,4,7-8H2,1-3H3. The van der Waals surface area contributed by atoms with Crippen molar-refractivity contribution in [1.29, 1.82) is 0 Å². The van der Waals surface area contributed by atoms with Crippen molar-refractivity contribution in [2.75, 3.05) is 20.3 Å². The molecule has 2 nitrogen and oxygen atoms in total. The van der Waals surface area contributed by atoms with Gasteiger partial charge in [-0.3, -0.25) is 0 Å². The maximum atomic E-state index is 5.54. The Morgan fingerprint density at radius 3 is 2.79 bits per heavy atom. The molecule has 0 spiro atoms. The highest BCUT2D eigenvalue weighted by molar-refractivity contribution is 7.12. The van der Waals surface area contributed by atoms with Crippen molar-refractivity contribution in [2.24, 2.45) is 0 Å². The van der Waals surface area contributed by atoms with Gasteiger partial charge in [-0.15, -0.1) is 11.3 Å². The molecule has 0 aromatic carbocycles. The molecule has 1 unspecified atom stereocenters. The van der Waals surface area contributed by atoms with E-state index in [1.807, 2.05) is 18.4 Å². The molecule has 3 heteroatoms. The van der Waals surface area contributed by atoms with Crippen molar-refractivity contribution < 1.29 is 4.74 Å². The largest absolute Gasteiger partial charge is 0.379 e. The van der Waals surface area contributed by atoms with Crippen molar-refractivity contribution in [2.45, 2.75) is 26.3 Å². The molecule has 0 fully saturated rings. The van der Waals surface area contributed by atoms with Gasteiger partial charge in [0.25, 0.3) is 0 Å². The highest BCUT2D eigenvalue weighted by atomic mass is 32.1. The maximum Gasteiger partial charge on any atom is 0.0669 e. The summed E-state index contributed by atoms with van der Waals surface area (Å²) in [6.45, 7) is 5.88. The van der Waals surface area contributed by atoms with E-state index in [2.05, 4.69) is 31.3 Å². The van der Waals surface area contributed by atoms with Gasteiger partial charge >= 0.3 is 0 Å². The predicted molar refractivity (Wildman–Crippen MR) is 62.0 cm³/mol. The average molecular weight is 213 g/mol. The minimum Gasteiger partial charge on any atom is -0.379 e. The van der Waals surface area contributed by atoms with E-state index >= 15 is 0 Å². The minimum atomic E-state index is 0.347. The van der Waals surface area contributed by atoms with Gasteiger partial charge in [0.15, 0.2) is 0 Å². The van der Waals surface area contributed by atoms with E-state index in [-0.39, 0.29) is 0 Å². The SMILES string of the molecule is CCCOCC(NC)c1ccc(C)s1. The second kappa shape index (κ2) is 6.17.